The minimum absolute atomic E-state index is 0.0212. The van der Waals surface area contributed by atoms with Crippen LogP contribution in [0.3, 0.4) is 0 Å². The zero-order valence-corrected chi connectivity index (χ0v) is 33.2. The van der Waals surface area contributed by atoms with E-state index in [9.17, 15) is 43.8 Å². The van der Waals surface area contributed by atoms with E-state index in [1.165, 1.54) is 19.1 Å². The van der Waals surface area contributed by atoms with Crippen LogP contribution < -0.4 is 37.6 Å². The summed E-state index contributed by atoms with van der Waals surface area (Å²) in [5, 5.41) is 36.2. The van der Waals surface area contributed by atoms with Crippen LogP contribution >= 0.6 is 0 Å². The van der Waals surface area contributed by atoms with Gasteiger partial charge in [-0.1, -0.05) is 60.7 Å². The van der Waals surface area contributed by atoms with Crippen LogP contribution in [0, 0.1) is 0 Å². The van der Waals surface area contributed by atoms with Crippen molar-refractivity contribution in [1.29, 1.82) is 0 Å². The second-order valence-electron chi connectivity index (χ2n) is 14.9. The number of H-pyrrole nitrogens is 1. The number of carboxylic acid groups (broad SMARTS) is 1. The van der Waals surface area contributed by atoms with Gasteiger partial charge in [0.25, 0.3) is 0 Å². The lowest BCUT2D eigenvalue weighted by atomic mass is 10.00. The summed E-state index contributed by atoms with van der Waals surface area (Å²) in [6.07, 6.45) is 1.75. The summed E-state index contributed by atoms with van der Waals surface area (Å²) in [5.74, 6) is -5.91. The molecule has 0 unspecified atom stereocenters. The molecule has 17 nitrogen and oxygen atoms in total. The predicted octanol–water partition coefficient (Wildman–Crippen LogP) is 0.838. The number of aromatic amines is 1. The average Bonchev–Trinajstić information content (AvgIpc) is 3.64. The molecule has 0 aliphatic carbocycles. The number of hydrogen-bond acceptors (Lipinski definition) is 9. The lowest BCUT2D eigenvalue weighted by Gasteiger charge is -2.29. The molecule has 1 saturated heterocycles. The van der Waals surface area contributed by atoms with Crippen molar-refractivity contribution in [3.63, 3.8) is 0 Å². The fourth-order valence-electron chi connectivity index (χ4n) is 6.93. The molecule has 1 aliphatic heterocycles. The SMILES string of the molecule is C[C@@H]1NC(=O)[C@H](Cc2ccc(O)cc2)NC(=O)[C@H](CCCCN)NC(=O)[C@H](Cc2c[nH]c3ccccc23)NC(=O)[C@H](Cc2ccccc2)NC(=O)[C@H](CCC(=O)O)NC1=O. The second kappa shape index (κ2) is 21.3. The van der Waals surface area contributed by atoms with Crippen molar-refractivity contribution in [3.8, 4) is 5.75 Å². The highest BCUT2D eigenvalue weighted by Gasteiger charge is 2.35. The summed E-state index contributed by atoms with van der Waals surface area (Å²) in [5.41, 5.74) is 8.43. The van der Waals surface area contributed by atoms with Crippen molar-refractivity contribution in [3.05, 3.63) is 102 Å². The molecule has 0 saturated carbocycles. The van der Waals surface area contributed by atoms with Gasteiger partial charge in [-0.05, 0) is 74.0 Å². The number of fused-ring (bicyclic) bond motifs is 1. The summed E-state index contributed by atoms with van der Waals surface area (Å²) in [6.45, 7) is 1.67. The summed E-state index contributed by atoms with van der Waals surface area (Å²) < 4.78 is 0. The van der Waals surface area contributed by atoms with Gasteiger partial charge in [-0.25, -0.2) is 0 Å². The lowest BCUT2D eigenvalue weighted by molar-refractivity contribution is -0.138. The van der Waals surface area contributed by atoms with Crippen LogP contribution in [0.1, 0.15) is 55.7 Å². The van der Waals surface area contributed by atoms with Gasteiger partial charge in [-0.3, -0.25) is 33.6 Å². The van der Waals surface area contributed by atoms with Gasteiger partial charge < -0.3 is 52.8 Å². The maximum absolute atomic E-state index is 14.4. The monoisotopic (exact) mass is 824 g/mol. The first-order valence-electron chi connectivity index (χ1n) is 19.9. The maximum atomic E-state index is 14.4. The number of para-hydroxylation sites is 1. The van der Waals surface area contributed by atoms with Crippen molar-refractivity contribution >= 4 is 52.3 Å². The summed E-state index contributed by atoms with van der Waals surface area (Å²) in [7, 11) is 0. The van der Waals surface area contributed by atoms with Crippen molar-refractivity contribution < 1.29 is 43.8 Å². The largest absolute Gasteiger partial charge is 0.508 e. The molecule has 2 heterocycles. The van der Waals surface area contributed by atoms with Crippen LogP contribution in [0.2, 0.25) is 0 Å². The molecule has 318 valence electrons. The second-order valence-corrected chi connectivity index (χ2v) is 14.9. The lowest BCUT2D eigenvalue weighted by Crippen LogP contribution is -2.61. The molecule has 1 fully saturated rings. The fraction of sp³-hybridized carbons (Fsp3) is 0.372. The number of amides is 6. The van der Waals surface area contributed by atoms with Crippen LogP contribution in [-0.4, -0.2) is 99.4 Å². The van der Waals surface area contributed by atoms with Crippen molar-refractivity contribution in [2.24, 2.45) is 5.73 Å². The van der Waals surface area contributed by atoms with Crippen molar-refractivity contribution in [1.82, 2.24) is 36.9 Å². The van der Waals surface area contributed by atoms with E-state index < -0.39 is 84.1 Å². The van der Waals surface area contributed by atoms with Gasteiger partial charge in [0.2, 0.25) is 35.4 Å². The Hall–Kier alpha value is -6.75. The number of carboxylic acids is 1. The van der Waals surface area contributed by atoms with Gasteiger partial charge in [0, 0.05) is 42.8 Å². The molecular weight excluding hydrogens is 773 g/mol. The first-order chi connectivity index (χ1) is 28.8. The molecule has 5 rings (SSSR count). The Kier molecular flexibility index (Phi) is 15.8. The fourth-order valence-corrected chi connectivity index (χ4v) is 6.93. The highest BCUT2D eigenvalue weighted by atomic mass is 16.4. The van der Waals surface area contributed by atoms with Gasteiger partial charge in [0.1, 0.15) is 42.0 Å². The maximum Gasteiger partial charge on any atom is 0.303 e. The van der Waals surface area contributed by atoms with E-state index in [2.05, 4.69) is 36.9 Å². The number of hydrogen-bond donors (Lipinski definition) is 10. The molecule has 1 aliphatic rings. The normalized spacial score (nSPS) is 22.3. The molecular formula is C43H52N8O9. The molecule has 6 amide bonds. The van der Waals surface area contributed by atoms with Crippen LogP contribution in [0.4, 0.5) is 0 Å². The third-order valence-corrected chi connectivity index (χ3v) is 10.3. The summed E-state index contributed by atoms with van der Waals surface area (Å²) in [4.78, 5) is 99.2. The van der Waals surface area contributed by atoms with Gasteiger partial charge in [0.05, 0.1) is 0 Å². The smallest absolute Gasteiger partial charge is 0.303 e. The molecule has 4 aromatic rings. The standard InChI is InChI=1S/C43H52N8O9/c1-25-38(55)47-33(18-19-37(53)54)40(57)50-35(21-26-9-3-2-4-10-26)42(59)51-36(23-28-24-45-31-12-6-5-11-30(28)31)43(60)48-32(13-7-8-20-44)39(56)49-34(41(58)46-25)22-27-14-16-29(52)17-15-27/h2-6,9-12,14-17,24-25,32-36,45,52H,7-8,13,18-23,44H2,1H3,(H,46,58)(H,47,55)(H,48,60)(H,49,56)(H,50,57)(H,51,59)(H,53,54)/t25-,32-,33-,34-,35-,36-/m0/s1. The number of aliphatic carboxylic acids is 1. The quantitative estimate of drug-likeness (QED) is 0.0849. The number of phenols is 1. The van der Waals surface area contributed by atoms with E-state index in [1.807, 2.05) is 24.3 Å². The molecule has 0 radical (unpaired) electrons. The summed E-state index contributed by atoms with van der Waals surface area (Å²) >= 11 is 0. The van der Waals surface area contributed by atoms with Crippen LogP contribution in [0.25, 0.3) is 10.9 Å². The first kappa shape index (κ1) is 44.4. The number of carbonyl (C=O) groups excluding carboxylic acids is 6. The zero-order valence-electron chi connectivity index (χ0n) is 33.2. The number of aromatic hydroxyl groups is 1. The Labute approximate surface area is 346 Å². The van der Waals surface area contributed by atoms with Crippen LogP contribution in [-0.2, 0) is 52.8 Å². The van der Waals surface area contributed by atoms with E-state index in [4.69, 9.17) is 5.73 Å². The Morgan fingerprint density at radius 1 is 0.583 bits per heavy atom. The molecule has 11 N–H and O–H groups in total. The van der Waals surface area contributed by atoms with E-state index in [0.717, 1.165) is 10.9 Å². The molecule has 6 atom stereocenters. The number of aromatic nitrogens is 1. The topological polar surface area (TPSA) is 274 Å². The Morgan fingerprint density at radius 2 is 1.08 bits per heavy atom. The average molecular weight is 825 g/mol. The minimum Gasteiger partial charge on any atom is -0.508 e. The Balaban J connectivity index is 1.56. The zero-order chi connectivity index (χ0) is 43.2. The Bertz CT molecular complexity index is 2140. The van der Waals surface area contributed by atoms with E-state index in [0.29, 0.717) is 36.1 Å². The van der Waals surface area contributed by atoms with Crippen LogP contribution in [0.5, 0.6) is 5.75 Å². The molecule has 3 aromatic carbocycles. The van der Waals surface area contributed by atoms with Crippen LogP contribution in [0.15, 0.2) is 85.1 Å². The van der Waals surface area contributed by atoms with Gasteiger partial charge in [-0.2, -0.15) is 0 Å². The van der Waals surface area contributed by atoms with E-state index in [-0.39, 0.29) is 37.9 Å². The number of benzene rings is 3. The third-order valence-electron chi connectivity index (χ3n) is 10.3. The number of phenolic OH excluding ortho intramolecular Hbond substituents is 1. The molecule has 0 bridgehead atoms. The number of carbonyl (C=O) groups is 7. The highest BCUT2D eigenvalue weighted by Crippen LogP contribution is 2.20. The number of rotatable bonds is 13. The van der Waals surface area contributed by atoms with Gasteiger partial charge >= 0.3 is 5.97 Å². The minimum atomic E-state index is -1.45. The molecule has 17 heteroatoms. The van der Waals surface area contributed by atoms with E-state index >= 15 is 0 Å². The van der Waals surface area contributed by atoms with E-state index in [1.54, 1.807) is 48.7 Å². The number of nitrogens with two attached hydrogens (primary N) is 1. The van der Waals surface area contributed by atoms with Crippen molar-refractivity contribution in [2.45, 2.75) is 94.5 Å². The number of unbranched alkanes of at least 4 members (excludes halogenated alkanes) is 1. The van der Waals surface area contributed by atoms with Gasteiger partial charge in [0.15, 0.2) is 0 Å². The number of nitrogens with one attached hydrogen (secondary N) is 7. The summed E-state index contributed by atoms with van der Waals surface area (Å²) in [6, 6.07) is 14.3. The van der Waals surface area contributed by atoms with Crippen molar-refractivity contribution in [2.75, 3.05) is 6.54 Å². The molecule has 1 aromatic heterocycles. The first-order valence-corrected chi connectivity index (χ1v) is 19.9. The highest BCUT2D eigenvalue weighted by molar-refractivity contribution is 5.98. The molecule has 60 heavy (non-hydrogen) atoms. The predicted molar refractivity (Wildman–Crippen MR) is 221 cm³/mol. The molecule has 0 spiro atoms. The third kappa shape index (κ3) is 12.6. The van der Waals surface area contributed by atoms with Gasteiger partial charge in [-0.15, -0.1) is 0 Å². The Morgan fingerprint density at radius 3 is 1.70 bits per heavy atom.